The van der Waals surface area contributed by atoms with Crippen molar-refractivity contribution in [3.8, 4) is 0 Å². The maximum atomic E-state index is 12.7. The molecular formula is C22H18N8O6. The lowest BCUT2D eigenvalue weighted by Crippen LogP contribution is -2.44. The predicted molar refractivity (Wildman–Crippen MR) is 124 cm³/mol. The number of carbonyl (C=O) groups is 3. The Morgan fingerprint density at radius 3 is 2.56 bits per heavy atom. The minimum absolute atomic E-state index is 0.0207. The second kappa shape index (κ2) is 8.26. The molecule has 0 unspecified atom stereocenters. The van der Waals surface area contributed by atoms with Gasteiger partial charge in [-0.05, 0) is 23.1 Å². The van der Waals surface area contributed by atoms with Crippen molar-refractivity contribution in [1.82, 2.24) is 24.9 Å². The van der Waals surface area contributed by atoms with Crippen LogP contribution < -0.4 is 32.5 Å². The Hall–Kier alpha value is -5.14. The number of aromatic carboxylic acids is 1. The summed E-state index contributed by atoms with van der Waals surface area (Å²) in [5.74, 6) is -3.74. The molecule has 0 atom stereocenters. The van der Waals surface area contributed by atoms with Crippen LogP contribution in [0.15, 0.2) is 33.9 Å². The van der Waals surface area contributed by atoms with Crippen molar-refractivity contribution in [2.45, 2.75) is 19.5 Å². The van der Waals surface area contributed by atoms with E-state index in [9.17, 15) is 29.1 Å². The fourth-order valence-electron chi connectivity index (χ4n) is 4.14. The van der Waals surface area contributed by atoms with E-state index in [1.54, 1.807) is 4.90 Å². The average Bonchev–Trinajstić information content (AvgIpc) is 3.31. The van der Waals surface area contributed by atoms with E-state index < -0.39 is 40.2 Å². The number of hydrogen-bond acceptors (Lipinski definition) is 10. The highest BCUT2D eigenvalue weighted by molar-refractivity contribution is 5.96. The van der Waals surface area contributed by atoms with Crippen LogP contribution in [0, 0.1) is 0 Å². The highest BCUT2D eigenvalue weighted by Gasteiger charge is 2.27. The number of anilines is 2. The van der Waals surface area contributed by atoms with E-state index in [1.807, 2.05) is 18.2 Å². The van der Waals surface area contributed by atoms with Crippen molar-refractivity contribution in [3.05, 3.63) is 78.6 Å². The van der Waals surface area contributed by atoms with Gasteiger partial charge in [0.1, 0.15) is 17.1 Å². The molecule has 0 saturated carbocycles. The van der Waals surface area contributed by atoms with Crippen LogP contribution in [0.1, 0.15) is 48.3 Å². The molecule has 0 spiro atoms. The Balaban J connectivity index is 1.34. The SMILES string of the molecule is NC(=O)c1nc2nc(C(=O)NCc3ccc4c(c3)CN(c3c(N)c(=O)c3=O)CC4)cc(C(=O)O)n2n1. The van der Waals surface area contributed by atoms with Crippen LogP contribution >= 0.6 is 0 Å². The van der Waals surface area contributed by atoms with Crippen molar-refractivity contribution < 1.29 is 19.5 Å². The van der Waals surface area contributed by atoms with Crippen LogP contribution in [0.2, 0.25) is 0 Å². The minimum Gasteiger partial charge on any atom is -0.477 e. The smallest absolute Gasteiger partial charge is 0.354 e. The van der Waals surface area contributed by atoms with Crippen LogP contribution in [0.3, 0.4) is 0 Å². The molecule has 1 aliphatic rings. The number of nitrogens with one attached hydrogen (secondary N) is 1. The van der Waals surface area contributed by atoms with Crippen molar-refractivity contribution in [3.63, 3.8) is 0 Å². The summed E-state index contributed by atoms with van der Waals surface area (Å²) in [6.45, 7) is 1.04. The Kier molecular flexibility index (Phi) is 5.20. The van der Waals surface area contributed by atoms with Gasteiger partial charge < -0.3 is 26.8 Å². The molecule has 14 nitrogen and oxygen atoms in total. The first-order chi connectivity index (χ1) is 17.1. The molecule has 14 heteroatoms. The number of hydrogen-bond donors (Lipinski definition) is 4. The summed E-state index contributed by atoms with van der Waals surface area (Å²) in [5, 5.41) is 15.9. The molecule has 2 aromatic heterocycles. The van der Waals surface area contributed by atoms with Gasteiger partial charge in [-0.3, -0.25) is 19.2 Å². The number of nitrogens with two attached hydrogens (primary N) is 2. The summed E-state index contributed by atoms with van der Waals surface area (Å²) in [4.78, 5) is 68.6. The number of carbonyl (C=O) groups excluding carboxylic acids is 2. The lowest BCUT2D eigenvalue weighted by Gasteiger charge is -2.32. The molecule has 3 heterocycles. The molecular weight excluding hydrogens is 472 g/mol. The maximum absolute atomic E-state index is 12.7. The number of benzene rings is 1. The number of primary amides is 1. The third-order valence-electron chi connectivity index (χ3n) is 5.96. The fourth-order valence-corrected chi connectivity index (χ4v) is 4.14. The summed E-state index contributed by atoms with van der Waals surface area (Å²) in [5.41, 5.74) is 11.9. The van der Waals surface area contributed by atoms with Crippen molar-refractivity contribution in [1.29, 1.82) is 0 Å². The fraction of sp³-hybridized carbons (Fsp3) is 0.182. The Labute approximate surface area is 200 Å². The summed E-state index contributed by atoms with van der Waals surface area (Å²) < 4.78 is 0.817. The van der Waals surface area contributed by atoms with E-state index >= 15 is 0 Å². The summed E-state index contributed by atoms with van der Waals surface area (Å²) in [7, 11) is 0. The minimum atomic E-state index is -1.40. The number of carboxylic acid groups (broad SMARTS) is 1. The number of nitrogens with zero attached hydrogens (tertiary/aromatic N) is 5. The van der Waals surface area contributed by atoms with Crippen LogP contribution in [0.25, 0.3) is 5.78 Å². The zero-order chi connectivity index (χ0) is 25.7. The molecule has 0 aliphatic carbocycles. The topological polar surface area (TPSA) is 216 Å². The van der Waals surface area contributed by atoms with E-state index in [2.05, 4.69) is 20.4 Å². The second-order valence-corrected chi connectivity index (χ2v) is 8.22. The third-order valence-corrected chi connectivity index (χ3v) is 5.96. The van der Waals surface area contributed by atoms with Gasteiger partial charge in [0.25, 0.3) is 28.4 Å². The number of amides is 2. The molecule has 5 rings (SSSR count). The van der Waals surface area contributed by atoms with E-state index in [1.165, 1.54) is 0 Å². The highest BCUT2D eigenvalue weighted by atomic mass is 16.4. The van der Waals surface area contributed by atoms with Gasteiger partial charge in [0, 0.05) is 25.7 Å². The number of fused-ring (bicyclic) bond motifs is 2. The molecule has 36 heavy (non-hydrogen) atoms. The molecule has 1 aliphatic heterocycles. The maximum Gasteiger partial charge on any atom is 0.354 e. The van der Waals surface area contributed by atoms with Gasteiger partial charge >= 0.3 is 5.97 Å². The molecule has 4 aromatic rings. The van der Waals surface area contributed by atoms with E-state index in [-0.39, 0.29) is 29.4 Å². The van der Waals surface area contributed by atoms with Gasteiger partial charge in [-0.1, -0.05) is 18.2 Å². The Morgan fingerprint density at radius 1 is 1.08 bits per heavy atom. The van der Waals surface area contributed by atoms with Gasteiger partial charge in [-0.15, -0.1) is 5.10 Å². The molecule has 0 fully saturated rings. The predicted octanol–water partition coefficient (Wildman–Crippen LogP) is -1.41. The van der Waals surface area contributed by atoms with Crippen LogP contribution in [0.4, 0.5) is 11.4 Å². The Bertz CT molecular complexity index is 1670. The normalized spacial score (nSPS) is 13.1. The Morgan fingerprint density at radius 2 is 1.86 bits per heavy atom. The van der Waals surface area contributed by atoms with Gasteiger partial charge in [0.2, 0.25) is 5.82 Å². The van der Waals surface area contributed by atoms with Gasteiger partial charge in [0.05, 0.1) is 0 Å². The summed E-state index contributed by atoms with van der Waals surface area (Å²) in [6.07, 6.45) is 0.660. The van der Waals surface area contributed by atoms with E-state index in [4.69, 9.17) is 11.5 Å². The number of carboxylic acids is 1. The first-order valence-corrected chi connectivity index (χ1v) is 10.7. The molecule has 0 saturated heterocycles. The number of nitrogen functional groups attached to an aromatic ring is 1. The van der Waals surface area contributed by atoms with Crippen molar-refractivity contribution >= 4 is 34.9 Å². The van der Waals surface area contributed by atoms with Crippen LogP contribution in [-0.4, -0.2) is 49.0 Å². The largest absolute Gasteiger partial charge is 0.477 e. The van der Waals surface area contributed by atoms with Gasteiger partial charge in [0.15, 0.2) is 5.69 Å². The van der Waals surface area contributed by atoms with Crippen molar-refractivity contribution in [2.24, 2.45) is 5.73 Å². The standard InChI is InChI=1S/C22H18N8O6/c23-14-15(17(32)16(14)31)29-4-3-10-2-1-9(5-11(10)8-29)7-25-20(34)12-6-13(21(35)36)30-22(26-12)27-19(28-30)18(24)33/h1-2,5-6H,3-4,7-8,23H2,(H2,24,33)(H,25,34)(H,35,36). The van der Waals surface area contributed by atoms with Crippen LogP contribution in [-0.2, 0) is 19.5 Å². The molecule has 0 radical (unpaired) electrons. The lowest BCUT2D eigenvalue weighted by molar-refractivity contribution is 0.0686. The molecule has 6 N–H and O–H groups in total. The molecule has 182 valence electrons. The first-order valence-electron chi connectivity index (χ1n) is 10.7. The number of aromatic nitrogens is 4. The van der Waals surface area contributed by atoms with Crippen molar-refractivity contribution in [2.75, 3.05) is 17.2 Å². The van der Waals surface area contributed by atoms with Crippen LogP contribution in [0.5, 0.6) is 0 Å². The second-order valence-electron chi connectivity index (χ2n) is 8.22. The first kappa shape index (κ1) is 22.6. The summed E-state index contributed by atoms with van der Waals surface area (Å²) >= 11 is 0. The molecule has 0 bridgehead atoms. The average molecular weight is 490 g/mol. The molecule has 2 amide bonds. The zero-order valence-electron chi connectivity index (χ0n) is 18.5. The van der Waals surface area contributed by atoms with Gasteiger partial charge in [-0.25, -0.2) is 9.78 Å². The highest BCUT2D eigenvalue weighted by Crippen LogP contribution is 2.26. The lowest BCUT2D eigenvalue weighted by atomic mass is 9.96. The summed E-state index contributed by atoms with van der Waals surface area (Å²) in [6, 6.07) is 6.66. The third kappa shape index (κ3) is 3.70. The van der Waals surface area contributed by atoms with E-state index in [0.717, 1.165) is 27.3 Å². The zero-order valence-corrected chi connectivity index (χ0v) is 18.5. The quantitative estimate of drug-likeness (QED) is 0.230. The van der Waals surface area contributed by atoms with E-state index in [0.29, 0.717) is 19.5 Å². The molecule has 2 aromatic carbocycles. The number of rotatable bonds is 6. The van der Waals surface area contributed by atoms with Gasteiger partial charge in [-0.2, -0.15) is 9.50 Å². The monoisotopic (exact) mass is 490 g/mol.